The molecule has 0 bridgehead atoms. The number of halogens is 2. The van der Waals surface area contributed by atoms with Crippen LogP contribution in [0.4, 0.5) is 4.39 Å². The van der Waals surface area contributed by atoms with Crippen LogP contribution in [0.3, 0.4) is 0 Å². The molecule has 0 radical (unpaired) electrons. The summed E-state index contributed by atoms with van der Waals surface area (Å²) < 4.78 is 13.5. The summed E-state index contributed by atoms with van der Waals surface area (Å²) in [5.41, 5.74) is -0.120. The van der Waals surface area contributed by atoms with E-state index in [0.717, 1.165) is 25.8 Å². The molecular weight excluding hydrogens is 277 g/mol. The van der Waals surface area contributed by atoms with E-state index in [4.69, 9.17) is 11.6 Å². The van der Waals surface area contributed by atoms with E-state index in [1.807, 2.05) is 13.8 Å². The molecule has 0 aliphatic heterocycles. The van der Waals surface area contributed by atoms with Gasteiger partial charge in [-0.25, -0.2) is 4.39 Å². The molecule has 0 spiro atoms. The zero-order chi connectivity index (χ0) is 15.2. The summed E-state index contributed by atoms with van der Waals surface area (Å²) in [4.78, 5) is 12.8. The number of hydrogen-bond acceptors (Lipinski definition) is 2. The maximum Gasteiger partial charge on any atom is 0.170 e. The maximum atomic E-state index is 13.5. The number of rotatable bonds is 8. The van der Waals surface area contributed by atoms with Crippen LogP contribution in [0.5, 0.6) is 0 Å². The Kier molecular flexibility index (Phi) is 6.63. The fraction of sp³-hybridized carbons (Fsp3) is 0.562. The minimum absolute atomic E-state index is 0.0239. The van der Waals surface area contributed by atoms with Crippen molar-refractivity contribution in [3.63, 3.8) is 0 Å². The third kappa shape index (κ3) is 4.03. The van der Waals surface area contributed by atoms with Crippen molar-refractivity contribution in [2.45, 2.75) is 40.0 Å². The standard InChI is InChI=1S/C16H23ClFNO/c1-4-7-16(5-2,11-19-6-3)15(20)12-8-13(17)10-14(18)9-12/h8-10,19H,4-7,11H2,1-3H3. The van der Waals surface area contributed by atoms with Crippen LogP contribution >= 0.6 is 11.6 Å². The van der Waals surface area contributed by atoms with Gasteiger partial charge in [0.15, 0.2) is 5.78 Å². The van der Waals surface area contributed by atoms with Crippen LogP contribution in [0.25, 0.3) is 0 Å². The van der Waals surface area contributed by atoms with Gasteiger partial charge >= 0.3 is 0 Å². The van der Waals surface area contributed by atoms with Crippen molar-refractivity contribution in [2.24, 2.45) is 5.41 Å². The summed E-state index contributed by atoms with van der Waals surface area (Å²) in [6, 6.07) is 4.05. The lowest BCUT2D eigenvalue weighted by atomic mass is 9.74. The lowest BCUT2D eigenvalue weighted by Gasteiger charge is -2.31. The summed E-state index contributed by atoms with van der Waals surface area (Å²) in [7, 11) is 0. The number of nitrogens with one attached hydrogen (secondary N) is 1. The van der Waals surface area contributed by atoms with Crippen LogP contribution in [-0.4, -0.2) is 18.9 Å². The average molecular weight is 300 g/mol. The van der Waals surface area contributed by atoms with Crippen LogP contribution in [0, 0.1) is 11.2 Å². The second kappa shape index (κ2) is 7.75. The van der Waals surface area contributed by atoms with Crippen molar-refractivity contribution in [3.05, 3.63) is 34.6 Å². The highest BCUT2D eigenvalue weighted by atomic mass is 35.5. The SMILES string of the molecule is CCCC(CC)(CNCC)C(=O)c1cc(F)cc(Cl)c1. The molecule has 0 amide bonds. The van der Waals surface area contributed by atoms with Gasteiger partial charge in [-0.15, -0.1) is 0 Å². The van der Waals surface area contributed by atoms with Gasteiger partial charge in [-0.2, -0.15) is 0 Å². The summed E-state index contributed by atoms with van der Waals surface area (Å²) in [6.07, 6.45) is 2.41. The second-order valence-electron chi connectivity index (χ2n) is 5.15. The zero-order valence-electron chi connectivity index (χ0n) is 12.4. The summed E-state index contributed by atoms with van der Waals surface area (Å²) in [5, 5.41) is 3.52. The van der Waals surface area contributed by atoms with E-state index in [0.29, 0.717) is 12.1 Å². The summed E-state index contributed by atoms with van der Waals surface area (Å²) >= 11 is 5.86. The molecule has 0 fully saturated rings. The molecular formula is C16H23ClFNO. The largest absolute Gasteiger partial charge is 0.316 e. The van der Waals surface area contributed by atoms with E-state index >= 15 is 0 Å². The third-order valence-corrected chi connectivity index (χ3v) is 3.94. The minimum Gasteiger partial charge on any atom is -0.316 e. The van der Waals surface area contributed by atoms with Crippen molar-refractivity contribution in [1.29, 1.82) is 0 Å². The predicted octanol–water partition coefficient (Wildman–Crippen LogP) is 4.47. The number of carbonyl (C=O) groups excluding carboxylic acids is 1. The second-order valence-corrected chi connectivity index (χ2v) is 5.59. The number of carbonyl (C=O) groups is 1. The number of ketones is 1. The third-order valence-electron chi connectivity index (χ3n) is 3.73. The summed E-state index contributed by atoms with van der Waals surface area (Å²) in [5.74, 6) is -0.491. The summed E-state index contributed by atoms with van der Waals surface area (Å²) in [6.45, 7) is 7.49. The molecule has 0 heterocycles. The molecule has 4 heteroatoms. The first-order valence-electron chi connectivity index (χ1n) is 7.20. The van der Waals surface area contributed by atoms with Gasteiger partial charge in [-0.05, 0) is 37.6 Å². The smallest absolute Gasteiger partial charge is 0.170 e. The number of benzene rings is 1. The predicted molar refractivity (Wildman–Crippen MR) is 81.9 cm³/mol. The van der Waals surface area contributed by atoms with Gasteiger partial charge in [0.25, 0.3) is 0 Å². The molecule has 2 nitrogen and oxygen atoms in total. The molecule has 1 aromatic rings. The molecule has 1 atom stereocenters. The fourth-order valence-corrected chi connectivity index (χ4v) is 2.80. The van der Waals surface area contributed by atoms with Gasteiger partial charge in [0, 0.05) is 22.5 Å². The number of Topliss-reactive ketones (excluding diaryl/α,β-unsaturated/α-hetero) is 1. The van der Waals surface area contributed by atoms with Crippen molar-refractivity contribution in [2.75, 3.05) is 13.1 Å². The quantitative estimate of drug-likeness (QED) is 0.718. The average Bonchev–Trinajstić information content (AvgIpc) is 2.41. The van der Waals surface area contributed by atoms with Crippen molar-refractivity contribution >= 4 is 17.4 Å². The van der Waals surface area contributed by atoms with Crippen LogP contribution in [0.2, 0.25) is 5.02 Å². The van der Waals surface area contributed by atoms with Gasteiger partial charge in [-0.1, -0.05) is 38.8 Å². The van der Waals surface area contributed by atoms with Crippen molar-refractivity contribution < 1.29 is 9.18 Å². The Morgan fingerprint density at radius 1 is 1.30 bits per heavy atom. The molecule has 1 rings (SSSR count). The Morgan fingerprint density at radius 3 is 2.50 bits per heavy atom. The lowest BCUT2D eigenvalue weighted by molar-refractivity contribution is 0.0762. The minimum atomic E-state index is -0.484. The van der Waals surface area contributed by atoms with Crippen LogP contribution < -0.4 is 5.32 Å². The van der Waals surface area contributed by atoms with Gasteiger partial charge in [0.05, 0.1) is 0 Å². The van der Waals surface area contributed by atoms with Crippen LogP contribution in [0.1, 0.15) is 50.4 Å². The Bertz CT molecular complexity index is 444. The van der Waals surface area contributed by atoms with Crippen molar-refractivity contribution in [3.8, 4) is 0 Å². The molecule has 0 aliphatic carbocycles. The molecule has 1 N–H and O–H groups in total. The van der Waals surface area contributed by atoms with Gasteiger partial charge in [-0.3, -0.25) is 4.79 Å². The monoisotopic (exact) mass is 299 g/mol. The first-order chi connectivity index (χ1) is 9.49. The first-order valence-corrected chi connectivity index (χ1v) is 7.58. The van der Waals surface area contributed by atoms with E-state index in [2.05, 4.69) is 12.2 Å². The highest BCUT2D eigenvalue weighted by Crippen LogP contribution is 2.33. The fourth-order valence-electron chi connectivity index (χ4n) is 2.58. The molecule has 1 aromatic carbocycles. The molecule has 0 aliphatic rings. The molecule has 0 saturated carbocycles. The Morgan fingerprint density at radius 2 is 2.00 bits per heavy atom. The highest BCUT2D eigenvalue weighted by molar-refractivity contribution is 6.31. The molecule has 0 saturated heterocycles. The van der Waals surface area contributed by atoms with Gasteiger partial charge < -0.3 is 5.32 Å². The highest BCUT2D eigenvalue weighted by Gasteiger charge is 2.36. The van der Waals surface area contributed by atoms with E-state index in [9.17, 15) is 9.18 Å². The normalized spacial score (nSPS) is 14.1. The maximum absolute atomic E-state index is 13.5. The van der Waals surface area contributed by atoms with Gasteiger partial charge in [0.2, 0.25) is 0 Å². The molecule has 112 valence electrons. The first kappa shape index (κ1) is 17.1. The lowest BCUT2D eigenvalue weighted by Crippen LogP contribution is -2.40. The Balaban J connectivity index is 3.14. The number of hydrogen-bond donors (Lipinski definition) is 1. The van der Waals surface area contributed by atoms with Gasteiger partial charge in [0.1, 0.15) is 5.82 Å². The molecule has 0 aromatic heterocycles. The van der Waals surface area contributed by atoms with E-state index in [1.54, 1.807) is 6.07 Å². The topological polar surface area (TPSA) is 29.1 Å². The molecule has 1 unspecified atom stereocenters. The molecule has 20 heavy (non-hydrogen) atoms. The van der Waals surface area contributed by atoms with E-state index in [1.165, 1.54) is 12.1 Å². The Labute approximate surface area is 125 Å². The van der Waals surface area contributed by atoms with E-state index < -0.39 is 11.2 Å². The Hall–Kier alpha value is -0.930. The van der Waals surface area contributed by atoms with Crippen LogP contribution in [-0.2, 0) is 0 Å². The van der Waals surface area contributed by atoms with E-state index in [-0.39, 0.29) is 10.8 Å². The van der Waals surface area contributed by atoms with Crippen LogP contribution in [0.15, 0.2) is 18.2 Å². The zero-order valence-corrected chi connectivity index (χ0v) is 13.2. The van der Waals surface area contributed by atoms with Crippen molar-refractivity contribution in [1.82, 2.24) is 5.32 Å².